The van der Waals surface area contributed by atoms with Crippen LogP contribution in [0.5, 0.6) is 0 Å². The van der Waals surface area contributed by atoms with Crippen LogP contribution in [-0.2, 0) is 6.54 Å². The van der Waals surface area contributed by atoms with Crippen molar-refractivity contribution >= 4 is 5.91 Å². The molecular weight excluding hydrogens is 366 g/mol. The number of rotatable bonds is 5. The van der Waals surface area contributed by atoms with Crippen molar-refractivity contribution in [2.75, 3.05) is 0 Å². The smallest absolute Gasteiger partial charge is 0.463 e. The van der Waals surface area contributed by atoms with Gasteiger partial charge in [0.25, 0.3) is 5.91 Å². The zero-order valence-corrected chi connectivity index (χ0v) is 13.4. The van der Waals surface area contributed by atoms with Gasteiger partial charge in [-0.2, -0.15) is 26.3 Å². The highest BCUT2D eigenvalue weighted by Gasteiger charge is 2.76. The van der Waals surface area contributed by atoms with Crippen molar-refractivity contribution < 1.29 is 40.9 Å². The average molecular weight is 381 g/mol. The second-order valence-electron chi connectivity index (χ2n) is 5.56. The Morgan fingerprint density at radius 3 is 2.15 bits per heavy atom. The molecule has 0 unspecified atom stereocenters. The summed E-state index contributed by atoms with van der Waals surface area (Å²) in [6, 6.07) is 7.97. The Bertz CT molecular complexity index is 739. The standard InChI is InChI=1S/C16H14F6N2O2/c1-10-5-2-3-7-12(10)13(25)24-14(15(17,18)19,16(20,21)22)23-9-11-6-4-8-26-11/h2-8,23H,9H2,1H3,(H,24,25)/p+1. The minimum absolute atomic E-state index is 0.0397. The molecule has 0 saturated carbocycles. The van der Waals surface area contributed by atoms with Crippen molar-refractivity contribution in [2.24, 2.45) is 0 Å². The van der Waals surface area contributed by atoms with Gasteiger partial charge in [0.1, 0.15) is 6.54 Å². The third kappa shape index (κ3) is 3.85. The molecule has 0 spiro atoms. The first-order valence-electron chi connectivity index (χ1n) is 7.36. The number of furan rings is 1. The minimum atomic E-state index is -5.81. The Kier molecular flexibility index (Phi) is 5.36. The lowest BCUT2D eigenvalue weighted by atomic mass is 10.0. The van der Waals surface area contributed by atoms with Gasteiger partial charge < -0.3 is 9.73 Å². The van der Waals surface area contributed by atoms with E-state index in [-0.39, 0.29) is 22.2 Å². The van der Waals surface area contributed by atoms with Crippen LogP contribution in [0, 0.1) is 6.92 Å². The highest BCUT2D eigenvalue weighted by atomic mass is 19.4. The van der Waals surface area contributed by atoms with Crippen LogP contribution in [0.15, 0.2) is 47.1 Å². The molecule has 2 aromatic rings. The molecule has 142 valence electrons. The Balaban J connectivity index is 2.41. The number of benzene rings is 1. The molecule has 0 radical (unpaired) electrons. The fraction of sp³-hybridized carbons (Fsp3) is 0.312. The number of carbonyl (C=O) groups excluding carboxylic acids is 1. The van der Waals surface area contributed by atoms with Gasteiger partial charge in [-0.15, -0.1) is 0 Å². The molecule has 10 heteroatoms. The van der Waals surface area contributed by atoms with Crippen molar-refractivity contribution in [3.8, 4) is 0 Å². The maximum atomic E-state index is 13.5. The molecule has 1 amide bonds. The SMILES string of the molecule is Cc1ccccc1C(=O)NC([NH2+]Cc1ccco1)(C(F)(F)F)C(F)(F)F. The number of nitrogens with two attached hydrogens (primary N) is 1. The second-order valence-corrected chi connectivity index (χ2v) is 5.56. The number of quaternary nitrogens is 1. The van der Waals surface area contributed by atoms with Gasteiger partial charge in [0.05, 0.1) is 6.26 Å². The van der Waals surface area contributed by atoms with E-state index in [1.807, 2.05) is 0 Å². The van der Waals surface area contributed by atoms with Crippen LogP contribution in [0.2, 0.25) is 0 Å². The Hall–Kier alpha value is -2.49. The summed E-state index contributed by atoms with van der Waals surface area (Å²) in [5.41, 5.74) is -4.56. The van der Waals surface area contributed by atoms with E-state index in [9.17, 15) is 31.1 Å². The summed E-state index contributed by atoms with van der Waals surface area (Å²) in [5, 5.41) is 1.10. The van der Waals surface area contributed by atoms with Crippen molar-refractivity contribution in [2.45, 2.75) is 31.5 Å². The Labute approximate surface area is 144 Å². The zero-order chi connectivity index (χ0) is 19.6. The molecule has 4 nitrogen and oxygen atoms in total. The van der Waals surface area contributed by atoms with Gasteiger partial charge in [0, 0.05) is 5.56 Å². The van der Waals surface area contributed by atoms with Crippen LogP contribution in [-0.4, -0.2) is 23.9 Å². The first-order chi connectivity index (χ1) is 12.0. The molecule has 1 aromatic heterocycles. The molecule has 1 heterocycles. The number of carbonyl (C=O) groups is 1. The number of halogens is 6. The number of hydrogen-bond donors (Lipinski definition) is 2. The fourth-order valence-corrected chi connectivity index (χ4v) is 2.34. The molecule has 3 N–H and O–H groups in total. The molecule has 0 atom stereocenters. The van der Waals surface area contributed by atoms with Crippen molar-refractivity contribution in [3.05, 3.63) is 59.5 Å². The fourth-order valence-electron chi connectivity index (χ4n) is 2.34. The van der Waals surface area contributed by atoms with Crippen LogP contribution >= 0.6 is 0 Å². The predicted molar refractivity (Wildman–Crippen MR) is 77.8 cm³/mol. The molecule has 26 heavy (non-hydrogen) atoms. The quantitative estimate of drug-likeness (QED) is 0.618. The van der Waals surface area contributed by atoms with E-state index < -0.39 is 30.5 Å². The summed E-state index contributed by atoms with van der Waals surface area (Å²) in [6.07, 6.45) is -10.5. The molecule has 0 aliphatic rings. The number of hydrogen-bond acceptors (Lipinski definition) is 2. The predicted octanol–water partition coefficient (Wildman–Crippen LogP) is 2.90. The van der Waals surface area contributed by atoms with Gasteiger partial charge in [0.15, 0.2) is 5.76 Å². The molecular formula is C16H15F6N2O2+. The van der Waals surface area contributed by atoms with E-state index in [0.29, 0.717) is 0 Å². The second kappa shape index (κ2) is 7.02. The molecule has 1 aromatic carbocycles. The molecule has 0 fully saturated rings. The van der Waals surface area contributed by atoms with Gasteiger partial charge in [-0.3, -0.25) is 10.1 Å². The molecule has 0 bridgehead atoms. The molecule has 0 aliphatic carbocycles. The van der Waals surface area contributed by atoms with E-state index in [1.165, 1.54) is 37.3 Å². The Morgan fingerprint density at radius 2 is 1.65 bits per heavy atom. The molecule has 0 saturated heterocycles. The largest absolute Gasteiger partial charge is 0.475 e. The van der Waals surface area contributed by atoms with Crippen LogP contribution in [0.3, 0.4) is 0 Å². The van der Waals surface area contributed by atoms with Crippen molar-refractivity contribution in [1.82, 2.24) is 5.32 Å². The normalized spacial score (nSPS) is 12.9. The summed E-state index contributed by atoms with van der Waals surface area (Å²) >= 11 is 0. The molecule has 2 rings (SSSR count). The van der Waals surface area contributed by atoms with Gasteiger partial charge in [-0.05, 0) is 30.7 Å². The van der Waals surface area contributed by atoms with Gasteiger partial charge >= 0.3 is 18.0 Å². The highest BCUT2D eigenvalue weighted by Crippen LogP contribution is 2.38. The van der Waals surface area contributed by atoms with E-state index in [0.717, 1.165) is 17.6 Å². The average Bonchev–Trinajstić information content (AvgIpc) is 3.02. The van der Waals surface area contributed by atoms with Gasteiger partial charge in [-0.25, -0.2) is 0 Å². The summed E-state index contributed by atoms with van der Waals surface area (Å²) in [5.74, 6) is -1.58. The summed E-state index contributed by atoms with van der Waals surface area (Å²) < 4.78 is 85.7. The van der Waals surface area contributed by atoms with Gasteiger partial charge in [-0.1, -0.05) is 18.2 Å². The summed E-state index contributed by atoms with van der Waals surface area (Å²) in [7, 11) is 0. The lowest BCUT2D eigenvalue weighted by Crippen LogP contribution is -3.07. The maximum Gasteiger partial charge on any atom is 0.475 e. The molecule has 0 aliphatic heterocycles. The van der Waals surface area contributed by atoms with Crippen molar-refractivity contribution in [3.63, 3.8) is 0 Å². The monoisotopic (exact) mass is 381 g/mol. The van der Waals surface area contributed by atoms with E-state index >= 15 is 0 Å². The van der Waals surface area contributed by atoms with E-state index in [2.05, 4.69) is 0 Å². The number of amides is 1. The van der Waals surface area contributed by atoms with E-state index in [1.54, 1.807) is 0 Å². The summed E-state index contributed by atoms with van der Waals surface area (Å²) in [6.45, 7) is 0.629. The highest BCUT2D eigenvalue weighted by molar-refractivity contribution is 5.96. The van der Waals surface area contributed by atoms with Gasteiger partial charge in [0.2, 0.25) is 0 Å². The number of alkyl halides is 6. The lowest BCUT2D eigenvalue weighted by Gasteiger charge is -2.34. The lowest BCUT2D eigenvalue weighted by molar-refractivity contribution is -0.797. The van der Waals surface area contributed by atoms with Crippen LogP contribution in [0.1, 0.15) is 21.7 Å². The number of nitrogens with one attached hydrogen (secondary N) is 1. The third-order valence-corrected chi connectivity index (χ3v) is 3.78. The minimum Gasteiger partial charge on any atom is -0.463 e. The third-order valence-electron chi connectivity index (χ3n) is 3.78. The summed E-state index contributed by atoms with van der Waals surface area (Å²) in [4.78, 5) is 12.2. The topological polar surface area (TPSA) is 58.9 Å². The van der Waals surface area contributed by atoms with Crippen LogP contribution in [0.4, 0.5) is 26.3 Å². The maximum absolute atomic E-state index is 13.5. The Morgan fingerprint density at radius 1 is 1.04 bits per heavy atom. The van der Waals surface area contributed by atoms with Crippen LogP contribution in [0.25, 0.3) is 0 Å². The zero-order valence-electron chi connectivity index (χ0n) is 13.4. The van der Waals surface area contributed by atoms with Crippen LogP contribution < -0.4 is 10.6 Å². The van der Waals surface area contributed by atoms with Crippen molar-refractivity contribution in [1.29, 1.82) is 0 Å². The van der Waals surface area contributed by atoms with E-state index in [4.69, 9.17) is 4.42 Å². The first kappa shape index (κ1) is 19.8. The first-order valence-corrected chi connectivity index (χ1v) is 7.36. The number of aryl methyl sites for hydroxylation is 1.